The minimum Gasteiger partial charge on any atom is -0.444 e. The summed E-state index contributed by atoms with van der Waals surface area (Å²) < 4.78 is 38.3. The Morgan fingerprint density at radius 3 is 2.59 bits per heavy atom. The van der Waals surface area contributed by atoms with Crippen LogP contribution in [0, 0.1) is 11.6 Å². The summed E-state index contributed by atoms with van der Waals surface area (Å²) in [6.07, 6.45) is 5.29. The number of ether oxygens (including phenoxy) is 1. The topological polar surface area (TPSA) is 111 Å². The first-order valence-electron chi connectivity index (χ1n) is 15.5. The van der Waals surface area contributed by atoms with Gasteiger partial charge in [-0.3, -0.25) is 14.9 Å². The van der Waals surface area contributed by atoms with Crippen molar-refractivity contribution in [3.8, 4) is 11.3 Å². The van der Waals surface area contributed by atoms with E-state index < -0.39 is 40.2 Å². The average Bonchev–Trinajstić information content (AvgIpc) is 3.45. The van der Waals surface area contributed by atoms with Gasteiger partial charge in [0.15, 0.2) is 0 Å². The van der Waals surface area contributed by atoms with Crippen LogP contribution in [-0.4, -0.2) is 54.1 Å². The van der Waals surface area contributed by atoms with E-state index in [2.05, 4.69) is 15.6 Å². The Labute approximate surface area is 265 Å². The number of halogens is 2. The van der Waals surface area contributed by atoms with Crippen LogP contribution in [0.4, 0.5) is 19.3 Å². The van der Waals surface area contributed by atoms with E-state index in [0.717, 1.165) is 12.0 Å². The molecule has 0 spiro atoms. The van der Waals surface area contributed by atoms with Crippen LogP contribution >= 0.6 is 0 Å². The number of pyridine rings is 1. The van der Waals surface area contributed by atoms with Crippen LogP contribution in [-0.2, 0) is 11.2 Å². The predicted octanol–water partition coefficient (Wildman–Crippen LogP) is 6.65. The molecule has 2 unspecified atom stereocenters. The average molecular weight is 633 g/mol. The zero-order chi connectivity index (χ0) is 33.1. The Balaban J connectivity index is 1.28. The van der Waals surface area contributed by atoms with E-state index >= 15 is 0 Å². The first-order chi connectivity index (χ1) is 21.6. The maximum Gasteiger partial charge on any atom is 0.412 e. The summed E-state index contributed by atoms with van der Waals surface area (Å²) in [5, 5.41) is 11.3. The molecule has 4 heterocycles. The molecule has 12 heteroatoms. The highest BCUT2D eigenvalue weighted by Crippen LogP contribution is 2.36. The maximum absolute atomic E-state index is 14.9. The van der Waals surface area contributed by atoms with Gasteiger partial charge in [-0.2, -0.15) is 0 Å². The lowest BCUT2D eigenvalue weighted by molar-refractivity contribution is 0.0306. The Bertz CT molecular complexity index is 1930. The second-order valence-electron chi connectivity index (χ2n) is 14.0. The summed E-state index contributed by atoms with van der Waals surface area (Å²) in [5.41, 5.74) is 0.431. The normalized spacial score (nSPS) is 19.3. The lowest BCUT2D eigenvalue weighted by atomic mass is 9.87. The summed E-state index contributed by atoms with van der Waals surface area (Å²) >= 11 is 0. The number of aromatic nitrogens is 4. The van der Waals surface area contributed by atoms with Crippen molar-refractivity contribution in [1.29, 1.82) is 0 Å². The summed E-state index contributed by atoms with van der Waals surface area (Å²) in [6.45, 7) is 11.4. The number of nitrogens with zero attached hydrogens (tertiary/aromatic N) is 5. The smallest absolute Gasteiger partial charge is 0.412 e. The van der Waals surface area contributed by atoms with Crippen molar-refractivity contribution in [3.05, 3.63) is 75.7 Å². The van der Waals surface area contributed by atoms with E-state index in [1.165, 1.54) is 30.3 Å². The molecule has 46 heavy (non-hydrogen) atoms. The molecule has 2 aromatic carbocycles. The molecule has 242 valence electrons. The van der Waals surface area contributed by atoms with Crippen LogP contribution in [0.2, 0.25) is 0 Å². The number of rotatable bonds is 4. The number of hydrogen-bond donors (Lipinski definition) is 1. The molecule has 0 radical (unpaired) electrons. The second-order valence-corrected chi connectivity index (χ2v) is 14.0. The third-order valence-electron chi connectivity index (χ3n) is 8.94. The molecular formula is C34H38F2N6O4. The molecule has 0 saturated carbocycles. The van der Waals surface area contributed by atoms with Gasteiger partial charge < -0.3 is 14.2 Å². The van der Waals surface area contributed by atoms with Gasteiger partial charge in [-0.1, -0.05) is 5.21 Å². The molecule has 1 fully saturated rings. The molecule has 1 saturated heterocycles. The number of likely N-dealkylation sites (tertiary alicyclic amines) is 1. The van der Waals surface area contributed by atoms with Crippen molar-refractivity contribution in [1.82, 2.24) is 24.5 Å². The van der Waals surface area contributed by atoms with Crippen LogP contribution in [0.3, 0.4) is 0 Å². The lowest BCUT2D eigenvalue weighted by Gasteiger charge is -2.45. The molecule has 6 rings (SSSR count). The third kappa shape index (κ3) is 5.88. The van der Waals surface area contributed by atoms with Gasteiger partial charge >= 0.3 is 6.09 Å². The highest BCUT2D eigenvalue weighted by Gasteiger charge is 2.40. The first kappa shape index (κ1) is 31.4. The van der Waals surface area contributed by atoms with Gasteiger partial charge in [-0.05, 0) is 103 Å². The molecular weight excluding hydrogens is 594 g/mol. The highest BCUT2D eigenvalue weighted by atomic mass is 19.1. The lowest BCUT2D eigenvalue weighted by Crippen LogP contribution is -2.54. The van der Waals surface area contributed by atoms with Crippen molar-refractivity contribution in [2.24, 2.45) is 0 Å². The van der Waals surface area contributed by atoms with Crippen LogP contribution in [0.15, 0.2) is 47.5 Å². The molecule has 2 aliphatic rings. The van der Waals surface area contributed by atoms with Gasteiger partial charge in [-0.15, -0.1) is 5.10 Å². The monoisotopic (exact) mass is 632 g/mol. The second kappa shape index (κ2) is 11.3. The number of carbonyl (C=O) groups excluding carboxylic acids is 2. The fraction of sp³-hybridized carbons (Fsp3) is 0.441. The van der Waals surface area contributed by atoms with Gasteiger partial charge in [0.25, 0.3) is 5.91 Å². The Hall–Kier alpha value is -4.61. The third-order valence-corrected chi connectivity index (χ3v) is 8.94. The van der Waals surface area contributed by atoms with Gasteiger partial charge in [0.2, 0.25) is 5.43 Å². The number of anilines is 1. The van der Waals surface area contributed by atoms with Crippen LogP contribution in [0.5, 0.6) is 0 Å². The Morgan fingerprint density at radius 2 is 1.85 bits per heavy atom. The minimum atomic E-state index is -0.696. The SMILES string of the molecule is CC1CCc2cc(F)cc3c(=O)c(C(=O)N4CC(n5cc(-c6cc(NC(=O)OC(C)(C)C)ccc6F)nn5)CCC4(C)C)cn1c23. The van der Waals surface area contributed by atoms with E-state index in [-0.39, 0.29) is 40.8 Å². The van der Waals surface area contributed by atoms with Crippen molar-refractivity contribution in [2.75, 3.05) is 11.9 Å². The summed E-state index contributed by atoms with van der Waals surface area (Å²) in [7, 11) is 0. The summed E-state index contributed by atoms with van der Waals surface area (Å²) in [5.74, 6) is -1.47. The summed E-state index contributed by atoms with van der Waals surface area (Å²) in [6, 6.07) is 6.56. The highest BCUT2D eigenvalue weighted by molar-refractivity contribution is 5.98. The van der Waals surface area contributed by atoms with E-state index in [4.69, 9.17) is 4.74 Å². The number of hydrogen-bond acceptors (Lipinski definition) is 6. The zero-order valence-electron chi connectivity index (χ0n) is 26.9. The largest absolute Gasteiger partial charge is 0.444 e. The summed E-state index contributed by atoms with van der Waals surface area (Å²) in [4.78, 5) is 41.8. The molecule has 1 N–H and O–H groups in total. The number of nitrogens with one attached hydrogen (secondary N) is 1. The molecule has 10 nitrogen and oxygen atoms in total. The van der Waals surface area contributed by atoms with E-state index in [9.17, 15) is 23.2 Å². The zero-order valence-corrected chi connectivity index (χ0v) is 26.9. The quantitative estimate of drug-likeness (QED) is 0.270. The van der Waals surface area contributed by atoms with E-state index in [1.54, 1.807) is 42.7 Å². The number of carbonyl (C=O) groups is 2. The number of amides is 2. The van der Waals surface area contributed by atoms with E-state index in [1.807, 2.05) is 25.3 Å². The molecule has 0 aliphatic carbocycles. The minimum absolute atomic E-state index is 0.00202. The number of benzene rings is 2. The predicted molar refractivity (Wildman–Crippen MR) is 170 cm³/mol. The Morgan fingerprint density at radius 1 is 1.09 bits per heavy atom. The van der Waals surface area contributed by atoms with Crippen molar-refractivity contribution in [2.45, 2.75) is 90.4 Å². The maximum atomic E-state index is 14.9. The molecule has 2 aliphatic heterocycles. The van der Waals surface area contributed by atoms with Crippen molar-refractivity contribution < 1.29 is 23.1 Å². The molecule has 2 amide bonds. The van der Waals surface area contributed by atoms with Crippen molar-refractivity contribution >= 4 is 28.6 Å². The molecule has 2 atom stereocenters. The van der Waals surface area contributed by atoms with Gasteiger partial charge in [0.1, 0.15) is 28.5 Å². The fourth-order valence-electron chi connectivity index (χ4n) is 6.46. The van der Waals surface area contributed by atoms with E-state index in [0.29, 0.717) is 30.5 Å². The van der Waals surface area contributed by atoms with Gasteiger partial charge in [0, 0.05) is 41.0 Å². The molecule has 2 aromatic heterocycles. The number of aryl methyl sites for hydroxylation is 1. The molecule has 4 aromatic rings. The molecule has 0 bridgehead atoms. The fourth-order valence-corrected chi connectivity index (χ4v) is 6.46. The Kier molecular flexibility index (Phi) is 7.72. The van der Waals surface area contributed by atoms with Gasteiger partial charge in [0.05, 0.1) is 17.8 Å². The first-order valence-corrected chi connectivity index (χ1v) is 15.5. The standard InChI is InChI=1S/C34H38F2N6O4/c1-19-7-8-20-13-21(35)14-25-29(20)40(19)17-26(30(25)43)31(44)41-16-23(11-12-34(41,5)6)42-18-28(38-39-42)24-15-22(9-10-27(24)36)37-32(45)46-33(2,3)4/h9-10,13-15,17-19,23H,7-8,11-12,16H2,1-6H3,(H,37,45). The van der Waals surface area contributed by atoms with Crippen molar-refractivity contribution in [3.63, 3.8) is 0 Å². The van der Waals surface area contributed by atoms with Crippen LogP contribution < -0.4 is 10.7 Å². The van der Waals surface area contributed by atoms with Crippen LogP contribution in [0.1, 0.15) is 88.8 Å². The number of piperidine rings is 1. The van der Waals surface area contributed by atoms with Gasteiger partial charge in [-0.25, -0.2) is 18.3 Å². The van der Waals surface area contributed by atoms with Crippen LogP contribution in [0.25, 0.3) is 22.2 Å².